The molecule has 0 aromatic rings. The van der Waals surface area contributed by atoms with E-state index in [2.05, 4.69) is 4.72 Å². The maximum atomic E-state index is 11.9. The van der Waals surface area contributed by atoms with E-state index in [1.54, 1.807) is 0 Å². The molecule has 0 bridgehead atoms. The van der Waals surface area contributed by atoms with E-state index in [1.807, 2.05) is 0 Å². The number of sulfone groups is 1. The zero-order valence-corrected chi connectivity index (χ0v) is 12.6. The summed E-state index contributed by atoms with van der Waals surface area (Å²) in [6.45, 7) is 0. The number of sulfonamides is 1. The van der Waals surface area contributed by atoms with Crippen LogP contribution in [0.4, 0.5) is 0 Å². The molecule has 0 heterocycles. The third kappa shape index (κ3) is 5.07. The zero-order valence-electron chi connectivity index (χ0n) is 11.0. The van der Waals surface area contributed by atoms with E-state index in [4.69, 9.17) is 11.1 Å². The van der Waals surface area contributed by atoms with Crippen LogP contribution in [0.3, 0.4) is 0 Å². The third-order valence-corrected chi connectivity index (χ3v) is 5.94. The minimum absolute atomic E-state index is 0.199. The molecule has 4 N–H and O–H groups in total. The van der Waals surface area contributed by atoms with Crippen molar-refractivity contribution in [2.24, 2.45) is 5.73 Å². The van der Waals surface area contributed by atoms with Crippen LogP contribution >= 0.6 is 0 Å². The average Bonchev–Trinajstić information content (AvgIpc) is 2.26. The van der Waals surface area contributed by atoms with Crippen LogP contribution in [0, 0.1) is 5.41 Å². The summed E-state index contributed by atoms with van der Waals surface area (Å²) in [5.74, 6) is -1.13. The van der Waals surface area contributed by atoms with Crippen LogP contribution in [-0.2, 0) is 19.9 Å². The molecule has 0 aromatic carbocycles. The van der Waals surface area contributed by atoms with Crippen LogP contribution < -0.4 is 10.5 Å². The summed E-state index contributed by atoms with van der Waals surface area (Å²) >= 11 is 0. The van der Waals surface area contributed by atoms with E-state index >= 15 is 0 Å². The number of nitrogens with one attached hydrogen (secondary N) is 2. The Morgan fingerprint density at radius 1 is 1.16 bits per heavy atom. The van der Waals surface area contributed by atoms with Gasteiger partial charge in [-0.3, -0.25) is 5.41 Å². The maximum Gasteiger partial charge on any atom is 0.213 e. The molecular formula is C10H21N3O4S2. The van der Waals surface area contributed by atoms with Crippen molar-refractivity contribution < 1.29 is 16.8 Å². The summed E-state index contributed by atoms with van der Waals surface area (Å²) in [5, 5.41) is 7.60. The Labute approximate surface area is 114 Å². The first-order valence-corrected chi connectivity index (χ1v) is 9.81. The van der Waals surface area contributed by atoms with Crippen molar-refractivity contribution in [1.82, 2.24) is 4.72 Å². The van der Waals surface area contributed by atoms with Gasteiger partial charge in [-0.1, -0.05) is 19.3 Å². The van der Waals surface area contributed by atoms with E-state index in [0.29, 0.717) is 12.8 Å². The Kier molecular flexibility index (Phi) is 4.97. The Morgan fingerprint density at radius 2 is 1.68 bits per heavy atom. The molecule has 0 spiro atoms. The van der Waals surface area contributed by atoms with E-state index < -0.39 is 36.9 Å². The molecule has 1 aliphatic rings. The van der Waals surface area contributed by atoms with Gasteiger partial charge in [0.15, 0.2) is 0 Å². The molecule has 0 aliphatic heterocycles. The molecule has 0 saturated heterocycles. The van der Waals surface area contributed by atoms with Crippen LogP contribution in [-0.4, -0.2) is 46.0 Å². The molecule has 0 amide bonds. The molecule has 0 unspecified atom stereocenters. The normalized spacial score (nSPS) is 20.1. The van der Waals surface area contributed by atoms with Gasteiger partial charge in [-0.15, -0.1) is 0 Å². The lowest BCUT2D eigenvalue weighted by Gasteiger charge is -2.36. The lowest BCUT2D eigenvalue weighted by atomic mass is 9.82. The summed E-state index contributed by atoms with van der Waals surface area (Å²) in [6, 6.07) is 0. The van der Waals surface area contributed by atoms with Crippen LogP contribution in [0.25, 0.3) is 0 Å². The van der Waals surface area contributed by atoms with Gasteiger partial charge in [-0.05, 0) is 12.8 Å². The second-order valence-electron chi connectivity index (χ2n) is 5.11. The monoisotopic (exact) mass is 311 g/mol. The lowest BCUT2D eigenvalue weighted by Crippen LogP contribution is -2.58. The van der Waals surface area contributed by atoms with Gasteiger partial charge in [0, 0.05) is 6.26 Å². The van der Waals surface area contributed by atoms with Crippen LogP contribution in [0.1, 0.15) is 32.1 Å². The van der Waals surface area contributed by atoms with Gasteiger partial charge in [-0.2, -0.15) is 0 Å². The number of hydrogen-bond donors (Lipinski definition) is 3. The van der Waals surface area contributed by atoms with Gasteiger partial charge in [0.05, 0.1) is 17.0 Å². The summed E-state index contributed by atoms with van der Waals surface area (Å²) in [6.07, 6.45) is 4.55. The first-order valence-electron chi connectivity index (χ1n) is 6.10. The topological polar surface area (TPSA) is 130 Å². The van der Waals surface area contributed by atoms with E-state index in [-0.39, 0.29) is 5.84 Å². The van der Waals surface area contributed by atoms with Crippen molar-refractivity contribution in [3.05, 3.63) is 0 Å². The van der Waals surface area contributed by atoms with Crippen molar-refractivity contribution in [2.45, 2.75) is 37.6 Å². The van der Waals surface area contributed by atoms with E-state index in [1.165, 1.54) is 0 Å². The Hall–Kier alpha value is -0.670. The highest BCUT2D eigenvalue weighted by Gasteiger charge is 2.38. The van der Waals surface area contributed by atoms with Crippen molar-refractivity contribution in [2.75, 3.05) is 17.8 Å². The van der Waals surface area contributed by atoms with Gasteiger partial charge in [0.2, 0.25) is 10.0 Å². The van der Waals surface area contributed by atoms with E-state index in [0.717, 1.165) is 25.5 Å². The predicted molar refractivity (Wildman–Crippen MR) is 74.4 cm³/mol. The zero-order chi connectivity index (χ0) is 14.7. The molecule has 0 aromatic heterocycles. The van der Waals surface area contributed by atoms with E-state index in [9.17, 15) is 16.8 Å². The number of hydrogen-bond acceptors (Lipinski definition) is 5. The number of rotatable bonds is 6. The fraction of sp³-hybridized carbons (Fsp3) is 0.900. The molecule has 19 heavy (non-hydrogen) atoms. The highest BCUT2D eigenvalue weighted by atomic mass is 32.2. The van der Waals surface area contributed by atoms with Crippen molar-refractivity contribution in [3.63, 3.8) is 0 Å². The second-order valence-corrected chi connectivity index (χ2v) is 9.21. The van der Waals surface area contributed by atoms with Gasteiger partial charge in [0.25, 0.3) is 0 Å². The molecule has 112 valence electrons. The summed E-state index contributed by atoms with van der Waals surface area (Å²) in [4.78, 5) is 0. The minimum atomic E-state index is -3.77. The highest BCUT2D eigenvalue weighted by Crippen LogP contribution is 2.28. The van der Waals surface area contributed by atoms with Gasteiger partial charge in [-0.25, -0.2) is 21.6 Å². The number of amidine groups is 1. The smallest absolute Gasteiger partial charge is 0.213 e. The van der Waals surface area contributed by atoms with Gasteiger partial charge < -0.3 is 5.73 Å². The van der Waals surface area contributed by atoms with Crippen molar-refractivity contribution >= 4 is 25.7 Å². The largest absolute Gasteiger partial charge is 0.386 e. The molecule has 7 nitrogen and oxygen atoms in total. The average molecular weight is 311 g/mol. The summed E-state index contributed by atoms with van der Waals surface area (Å²) in [5.41, 5.74) is 4.50. The summed E-state index contributed by atoms with van der Waals surface area (Å²) < 4.78 is 48.3. The molecule has 1 aliphatic carbocycles. The fourth-order valence-corrected chi connectivity index (χ4v) is 5.29. The minimum Gasteiger partial charge on any atom is -0.386 e. The van der Waals surface area contributed by atoms with Gasteiger partial charge in [0.1, 0.15) is 15.7 Å². The quantitative estimate of drug-likeness (QED) is 0.453. The Balaban J connectivity index is 2.81. The van der Waals surface area contributed by atoms with Crippen LogP contribution in [0.15, 0.2) is 0 Å². The molecule has 1 rings (SSSR count). The van der Waals surface area contributed by atoms with Gasteiger partial charge >= 0.3 is 0 Å². The predicted octanol–water partition coefficient (Wildman–Crippen LogP) is -0.411. The number of nitrogens with two attached hydrogens (primary N) is 1. The second kappa shape index (κ2) is 5.76. The highest BCUT2D eigenvalue weighted by molar-refractivity contribution is 7.93. The maximum absolute atomic E-state index is 11.9. The fourth-order valence-electron chi connectivity index (χ4n) is 2.19. The molecular weight excluding hydrogens is 290 g/mol. The molecule has 9 heteroatoms. The van der Waals surface area contributed by atoms with Crippen LogP contribution in [0.2, 0.25) is 0 Å². The lowest BCUT2D eigenvalue weighted by molar-refractivity contribution is 0.348. The summed E-state index contributed by atoms with van der Waals surface area (Å²) in [7, 11) is -7.11. The Morgan fingerprint density at radius 3 is 2.11 bits per heavy atom. The SMILES string of the molecule is CS(=O)(=O)CCS(=O)(=O)NC1(C(=N)N)CCCCC1. The third-order valence-electron chi connectivity index (χ3n) is 3.30. The molecule has 0 atom stereocenters. The first-order chi connectivity index (χ1) is 8.56. The first kappa shape index (κ1) is 16.4. The van der Waals surface area contributed by atoms with Crippen molar-refractivity contribution in [1.29, 1.82) is 5.41 Å². The molecule has 1 saturated carbocycles. The Bertz CT molecular complexity index is 533. The van der Waals surface area contributed by atoms with Crippen LogP contribution in [0.5, 0.6) is 0 Å². The molecule has 1 fully saturated rings. The molecule has 0 radical (unpaired) electrons. The van der Waals surface area contributed by atoms with Crippen molar-refractivity contribution in [3.8, 4) is 0 Å². The standard InChI is InChI=1S/C10H21N3O4S2/c1-18(14,15)7-8-19(16,17)13-10(9(11)12)5-3-2-4-6-10/h13H,2-8H2,1H3,(H3,11,12).